The number of imidazole rings is 1. The fraction of sp³-hybridized carbons (Fsp3) is 0.300. The second-order valence-electron chi connectivity index (χ2n) is 13.0. The van der Waals surface area contributed by atoms with Crippen molar-refractivity contribution in [1.82, 2.24) is 19.4 Å². The summed E-state index contributed by atoms with van der Waals surface area (Å²) in [6, 6.07) is 28.3. The molecule has 11 heteroatoms. The number of rotatable bonds is 12. The number of esters is 1. The van der Waals surface area contributed by atoms with Crippen molar-refractivity contribution in [3.05, 3.63) is 133 Å². The molecule has 0 spiro atoms. The molecule has 1 atom stereocenters. The molecule has 1 unspecified atom stereocenters. The number of ether oxygens (including phenoxy) is 1. The maximum atomic E-state index is 14.2. The first-order chi connectivity index (χ1) is 24.6. The predicted octanol–water partition coefficient (Wildman–Crippen LogP) is 8.62. The Balaban J connectivity index is 1.13. The van der Waals surface area contributed by atoms with Gasteiger partial charge in [0, 0.05) is 41.1 Å². The molecule has 1 fully saturated rings. The summed E-state index contributed by atoms with van der Waals surface area (Å²) in [5.74, 6) is 0.0104. The van der Waals surface area contributed by atoms with Gasteiger partial charge in [-0.3, -0.25) is 9.59 Å². The Morgan fingerprint density at radius 3 is 2.33 bits per heavy atom. The number of ketones is 1. The van der Waals surface area contributed by atoms with E-state index in [0.717, 1.165) is 64.6 Å². The number of Topliss-reactive ketones (excluding diaryl/α,β-unsaturated/α-hetero) is 1. The van der Waals surface area contributed by atoms with Crippen molar-refractivity contribution in [2.24, 2.45) is 5.92 Å². The Bertz CT molecular complexity index is 2030. The van der Waals surface area contributed by atoms with Gasteiger partial charge in [0.25, 0.3) is 5.91 Å². The van der Waals surface area contributed by atoms with Crippen LogP contribution in [0.2, 0.25) is 10.0 Å². The van der Waals surface area contributed by atoms with E-state index in [4.69, 9.17) is 32.9 Å². The molecular formula is C40H39Cl2IN4O4. The third-order valence-corrected chi connectivity index (χ3v) is 11.3. The molecule has 1 amide bonds. The SMILES string of the molecule is COC(=O)c1ccc(Cn2c(C(=O)C3CCN(CCC(CN(C)C(=O)c4ccccc4)c4ccc(Cl)c(Cl)c4)CC3)nc3c(I)cccc32)cc1. The number of hydrogen-bond acceptors (Lipinski definition) is 6. The van der Waals surface area contributed by atoms with Crippen molar-refractivity contribution in [2.45, 2.75) is 31.7 Å². The highest BCUT2D eigenvalue weighted by Crippen LogP contribution is 2.31. The molecule has 51 heavy (non-hydrogen) atoms. The number of nitrogens with zero attached hydrogens (tertiary/aromatic N) is 4. The number of amides is 1. The third-order valence-electron chi connectivity index (χ3n) is 9.69. The van der Waals surface area contributed by atoms with Crippen LogP contribution in [0, 0.1) is 9.49 Å². The molecule has 0 radical (unpaired) electrons. The van der Waals surface area contributed by atoms with E-state index in [1.807, 2.05) is 90.5 Å². The topological polar surface area (TPSA) is 84.7 Å². The van der Waals surface area contributed by atoms with Gasteiger partial charge in [-0.25, -0.2) is 9.78 Å². The number of carbonyl (C=O) groups is 3. The number of fused-ring (bicyclic) bond motifs is 1. The Labute approximate surface area is 321 Å². The minimum atomic E-state index is -0.387. The maximum Gasteiger partial charge on any atom is 0.337 e. The molecule has 0 aliphatic carbocycles. The molecule has 0 bridgehead atoms. The van der Waals surface area contributed by atoms with Gasteiger partial charge >= 0.3 is 5.97 Å². The molecule has 2 heterocycles. The Kier molecular flexibility index (Phi) is 12.1. The summed E-state index contributed by atoms with van der Waals surface area (Å²) in [5, 5.41) is 0.994. The molecule has 1 saturated heterocycles. The lowest BCUT2D eigenvalue weighted by Crippen LogP contribution is -2.38. The van der Waals surface area contributed by atoms with E-state index in [0.29, 0.717) is 40.1 Å². The van der Waals surface area contributed by atoms with Crippen LogP contribution in [0.3, 0.4) is 0 Å². The molecule has 4 aromatic carbocycles. The average molecular weight is 838 g/mol. The van der Waals surface area contributed by atoms with Crippen LogP contribution in [0.15, 0.2) is 91.0 Å². The van der Waals surface area contributed by atoms with Gasteiger partial charge < -0.3 is 19.1 Å². The number of hydrogen-bond donors (Lipinski definition) is 0. The minimum absolute atomic E-state index is 0.0288. The summed E-state index contributed by atoms with van der Waals surface area (Å²) in [7, 11) is 3.20. The van der Waals surface area contributed by atoms with Gasteiger partial charge in [0.05, 0.1) is 28.2 Å². The van der Waals surface area contributed by atoms with Gasteiger partial charge in [-0.05, 0) is 121 Å². The highest BCUT2D eigenvalue weighted by molar-refractivity contribution is 14.1. The van der Waals surface area contributed by atoms with Crippen molar-refractivity contribution in [2.75, 3.05) is 40.3 Å². The van der Waals surface area contributed by atoms with Gasteiger partial charge in [-0.2, -0.15) is 0 Å². The van der Waals surface area contributed by atoms with Crippen molar-refractivity contribution < 1.29 is 19.1 Å². The summed E-state index contributed by atoms with van der Waals surface area (Å²) in [6.07, 6.45) is 2.28. The van der Waals surface area contributed by atoms with Crippen molar-refractivity contribution in [3.63, 3.8) is 0 Å². The number of piperidine rings is 1. The van der Waals surface area contributed by atoms with Gasteiger partial charge in [0.15, 0.2) is 5.82 Å². The number of likely N-dealkylation sites (N-methyl/N-ethyl adjacent to an activating group) is 1. The van der Waals surface area contributed by atoms with Crippen LogP contribution in [-0.4, -0.2) is 77.3 Å². The normalized spacial score (nSPS) is 14.4. The van der Waals surface area contributed by atoms with E-state index in [1.54, 1.807) is 17.0 Å². The van der Waals surface area contributed by atoms with E-state index in [1.165, 1.54) is 7.11 Å². The number of carbonyl (C=O) groups excluding carboxylic acids is 3. The second-order valence-corrected chi connectivity index (χ2v) is 15.0. The molecule has 264 valence electrons. The van der Waals surface area contributed by atoms with E-state index in [9.17, 15) is 14.4 Å². The van der Waals surface area contributed by atoms with Crippen LogP contribution in [-0.2, 0) is 11.3 Å². The lowest BCUT2D eigenvalue weighted by molar-refractivity contribution is 0.0600. The highest BCUT2D eigenvalue weighted by Gasteiger charge is 2.30. The standard InChI is InChI=1S/C40H39Cl2IN4O4/c1-45(39(49)28-7-4-3-5-8-28)25-31(30-15-16-32(41)33(42)23-30)19-22-46-20-17-27(18-21-46)37(48)38-44-36-34(43)9-6-10-35(36)47(38)24-26-11-13-29(14-12-26)40(50)51-2/h3-16,23,27,31H,17-22,24-25H2,1-2H3. The molecule has 6 rings (SSSR count). The minimum Gasteiger partial charge on any atom is -0.465 e. The number of likely N-dealkylation sites (tertiary alicyclic amines) is 1. The fourth-order valence-electron chi connectivity index (χ4n) is 6.79. The monoisotopic (exact) mass is 836 g/mol. The van der Waals surface area contributed by atoms with Crippen molar-refractivity contribution in [3.8, 4) is 0 Å². The van der Waals surface area contributed by atoms with Gasteiger partial charge in [0.1, 0.15) is 5.52 Å². The number of halogens is 3. The predicted molar refractivity (Wildman–Crippen MR) is 210 cm³/mol. The fourth-order valence-corrected chi connectivity index (χ4v) is 7.70. The summed E-state index contributed by atoms with van der Waals surface area (Å²) in [4.78, 5) is 48.4. The van der Waals surface area contributed by atoms with E-state index >= 15 is 0 Å². The van der Waals surface area contributed by atoms with E-state index in [-0.39, 0.29) is 29.5 Å². The first-order valence-electron chi connectivity index (χ1n) is 17.0. The molecule has 5 aromatic rings. The van der Waals surface area contributed by atoms with Crippen LogP contribution in [0.4, 0.5) is 0 Å². The largest absolute Gasteiger partial charge is 0.465 e. The molecule has 0 N–H and O–H groups in total. The molecule has 8 nitrogen and oxygen atoms in total. The van der Waals surface area contributed by atoms with Gasteiger partial charge in [-0.15, -0.1) is 0 Å². The Morgan fingerprint density at radius 1 is 0.922 bits per heavy atom. The maximum absolute atomic E-state index is 14.2. The first-order valence-corrected chi connectivity index (χ1v) is 18.8. The summed E-state index contributed by atoms with van der Waals surface area (Å²) < 4.78 is 7.84. The molecule has 1 aliphatic heterocycles. The first kappa shape index (κ1) is 37.0. The van der Waals surface area contributed by atoms with Gasteiger partial charge in [-0.1, -0.05) is 65.7 Å². The zero-order chi connectivity index (χ0) is 36.1. The summed E-state index contributed by atoms with van der Waals surface area (Å²) in [6.45, 7) is 3.37. The van der Waals surface area contributed by atoms with E-state index < -0.39 is 0 Å². The highest BCUT2D eigenvalue weighted by atomic mass is 127. The zero-order valence-electron chi connectivity index (χ0n) is 28.5. The Morgan fingerprint density at radius 2 is 1.65 bits per heavy atom. The average Bonchev–Trinajstić information content (AvgIpc) is 3.53. The third kappa shape index (κ3) is 8.65. The van der Waals surface area contributed by atoms with Crippen LogP contribution < -0.4 is 0 Å². The summed E-state index contributed by atoms with van der Waals surface area (Å²) in [5.41, 5.74) is 4.84. The number of para-hydroxylation sites is 1. The second kappa shape index (κ2) is 16.7. The van der Waals surface area contributed by atoms with Crippen LogP contribution in [0.25, 0.3) is 11.0 Å². The lowest BCUT2D eigenvalue weighted by atomic mass is 9.90. The Hall–Kier alpha value is -3.77. The molecule has 0 saturated carbocycles. The van der Waals surface area contributed by atoms with Crippen molar-refractivity contribution >= 4 is 74.5 Å². The molecule has 1 aromatic heterocycles. The van der Waals surface area contributed by atoms with Crippen molar-refractivity contribution in [1.29, 1.82) is 0 Å². The quantitative estimate of drug-likeness (QED) is 0.0712. The van der Waals surface area contributed by atoms with Crippen LogP contribution in [0.5, 0.6) is 0 Å². The van der Waals surface area contributed by atoms with Crippen LogP contribution in [0.1, 0.15) is 67.6 Å². The number of methoxy groups -OCH3 is 1. The summed E-state index contributed by atoms with van der Waals surface area (Å²) >= 11 is 15.0. The van der Waals surface area contributed by atoms with Gasteiger partial charge in [0.2, 0.25) is 5.78 Å². The molecule has 1 aliphatic rings. The number of benzene rings is 4. The van der Waals surface area contributed by atoms with E-state index in [2.05, 4.69) is 27.5 Å². The zero-order valence-corrected chi connectivity index (χ0v) is 32.2. The lowest BCUT2D eigenvalue weighted by Gasteiger charge is -2.33. The van der Waals surface area contributed by atoms with Crippen LogP contribution >= 0.6 is 45.8 Å². The number of aromatic nitrogens is 2. The smallest absolute Gasteiger partial charge is 0.337 e. The molecular weight excluding hydrogens is 798 g/mol.